The van der Waals surface area contributed by atoms with E-state index < -0.39 is 17.6 Å². The number of ketones is 1. The molecular weight excluding hydrogens is 614 g/mol. The lowest BCUT2D eigenvalue weighted by Gasteiger charge is -2.25. The van der Waals surface area contributed by atoms with Crippen LogP contribution in [0.2, 0.25) is 0 Å². The third kappa shape index (κ3) is 7.08. The molecule has 6 rings (SSSR count). The number of hydrogen-bond donors (Lipinski definition) is 0. The van der Waals surface area contributed by atoms with Crippen molar-refractivity contribution in [1.29, 1.82) is 0 Å². The molecule has 3 aliphatic rings. The predicted molar refractivity (Wildman–Crippen MR) is 182 cm³/mol. The second kappa shape index (κ2) is 14.1. The van der Waals surface area contributed by atoms with E-state index in [-0.39, 0.29) is 36.6 Å². The highest BCUT2D eigenvalue weighted by Gasteiger charge is 2.61. The third-order valence-corrected chi connectivity index (χ3v) is 10.6. The minimum Gasteiger partial charge on any atom is -0.497 e. The summed E-state index contributed by atoms with van der Waals surface area (Å²) in [4.78, 5) is 52.4. The lowest BCUT2D eigenvalue weighted by molar-refractivity contribution is -0.152. The zero-order valence-electron chi connectivity index (χ0n) is 27.8. The minimum atomic E-state index is -0.852. The highest BCUT2D eigenvalue weighted by atomic mass is 32.1. The number of pyridine rings is 1. The zero-order chi connectivity index (χ0) is 33.1. The summed E-state index contributed by atoms with van der Waals surface area (Å²) >= 11 is 1.54. The molecule has 3 aromatic rings. The number of nitrogens with zero attached hydrogens (tertiary/aromatic N) is 3. The lowest BCUT2D eigenvalue weighted by Crippen LogP contribution is -2.42. The number of carbonyl (C=O) groups excluding carboxylic acids is 3. The number of methoxy groups -OCH3 is 1. The molecule has 47 heavy (non-hydrogen) atoms. The van der Waals surface area contributed by atoms with Gasteiger partial charge >= 0.3 is 5.97 Å². The van der Waals surface area contributed by atoms with Crippen LogP contribution in [-0.4, -0.2) is 64.9 Å². The number of benzene rings is 1. The van der Waals surface area contributed by atoms with Crippen LogP contribution in [0.25, 0.3) is 21.6 Å². The first-order valence-electron chi connectivity index (χ1n) is 17.0. The van der Waals surface area contributed by atoms with E-state index in [0.29, 0.717) is 54.4 Å². The summed E-state index contributed by atoms with van der Waals surface area (Å²) in [5, 5.41) is 3.66. The summed E-state index contributed by atoms with van der Waals surface area (Å²) in [7, 11) is 1.62. The molecule has 4 atom stereocenters. The van der Waals surface area contributed by atoms with Crippen LogP contribution in [0.5, 0.6) is 11.5 Å². The number of esters is 1. The molecule has 0 radical (unpaired) electrons. The molecule has 2 fully saturated rings. The number of ether oxygens (including phenoxy) is 3. The van der Waals surface area contributed by atoms with Gasteiger partial charge in [-0.25, -0.2) is 9.97 Å². The molecule has 1 aliphatic carbocycles. The molecule has 0 unspecified atom stereocenters. The van der Waals surface area contributed by atoms with Crippen molar-refractivity contribution >= 4 is 39.9 Å². The average molecular weight is 660 g/mol. The van der Waals surface area contributed by atoms with E-state index in [1.807, 2.05) is 24.3 Å². The van der Waals surface area contributed by atoms with Gasteiger partial charge in [0.15, 0.2) is 5.78 Å². The van der Waals surface area contributed by atoms with Crippen molar-refractivity contribution in [2.24, 2.45) is 11.3 Å². The second-order valence-corrected chi connectivity index (χ2v) is 14.2. The van der Waals surface area contributed by atoms with E-state index in [9.17, 15) is 14.4 Å². The van der Waals surface area contributed by atoms with Gasteiger partial charge in [-0.1, -0.05) is 38.8 Å². The molecule has 0 spiro atoms. The van der Waals surface area contributed by atoms with Crippen molar-refractivity contribution in [2.75, 3.05) is 20.3 Å². The van der Waals surface area contributed by atoms with Crippen LogP contribution in [0.4, 0.5) is 0 Å². The third-order valence-electron chi connectivity index (χ3n) is 9.75. The zero-order valence-corrected chi connectivity index (χ0v) is 28.6. The van der Waals surface area contributed by atoms with Crippen molar-refractivity contribution in [2.45, 2.75) is 96.6 Å². The average Bonchev–Trinajstić information content (AvgIpc) is 3.37. The van der Waals surface area contributed by atoms with Crippen LogP contribution in [-0.2, 0) is 19.1 Å². The first-order chi connectivity index (χ1) is 22.7. The fraction of sp³-hybridized carbons (Fsp3) is 0.541. The Bertz CT molecular complexity index is 1670. The van der Waals surface area contributed by atoms with Crippen LogP contribution in [0.1, 0.15) is 90.2 Å². The largest absolute Gasteiger partial charge is 0.497 e. The first kappa shape index (κ1) is 33.1. The van der Waals surface area contributed by atoms with E-state index in [1.165, 1.54) is 0 Å². The number of hydrogen-bond acceptors (Lipinski definition) is 9. The van der Waals surface area contributed by atoms with Gasteiger partial charge in [0, 0.05) is 42.2 Å². The van der Waals surface area contributed by atoms with Crippen LogP contribution in [0, 0.1) is 11.3 Å². The molecule has 1 saturated heterocycles. The van der Waals surface area contributed by atoms with Crippen LogP contribution >= 0.6 is 11.3 Å². The number of rotatable bonds is 7. The maximum absolute atomic E-state index is 14.1. The Morgan fingerprint density at radius 3 is 2.72 bits per heavy atom. The molecular formula is C37H45N3O6S. The molecule has 1 amide bonds. The van der Waals surface area contributed by atoms with Gasteiger partial charge in [0.2, 0.25) is 5.91 Å². The molecule has 0 bridgehead atoms. The van der Waals surface area contributed by atoms with Gasteiger partial charge in [-0.05, 0) is 56.6 Å². The Balaban J connectivity index is 1.30. The second-order valence-electron chi connectivity index (χ2n) is 13.4. The summed E-state index contributed by atoms with van der Waals surface area (Å²) in [5.41, 5.74) is 1.56. The summed E-state index contributed by atoms with van der Waals surface area (Å²) in [6.45, 7) is 6.58. The minimum absolute atomic E-state index is 0.0195. The van der Waals surface area contributed by atoms with Crippen molar-refractivity contribution in [3.8, 4) is 22.2 Å². The van der Waals surface area contributed by atoms with Gasteiger partial charge < -0.3 is 19.1 Å². The fourth-order valence-electron chi connectivity index (χ4n) is 6.92. The topological polar surface area (TPSA) is 108 Å². The van der Waals surface area contributed by atoms with Crippen molar-refractivity contribution in [3.05, 3.63) is 47.5 Å². The molecule has 250 valence electrons. The SMILES string of the molecule is CCOC(=O)[C@]12CC(=O)[C@@H]3C[C@@H](Oc4cc(-c5nc(C(C)C)cs5)nc5cc(OC)ccc45)CN3C(=O)CCCCCC/C=C\[C@H]1C2. The van der Waals surface area contributed by atoms with E-state index in [0.717, 1.165) is 48.2 Å². The van der Waals surface area contributed by atoms with Gasteiger partial charge in [0.25, 0.3) is 0 Å². The number of thiazole rings is 1. The standard InChI is InChI=1S/C37H45N3O6S/c1-5-45-36(43)37-19-24(37)12-10-8-6-7-9-11-13-34(42)40-21-26(17-31(40)32(41)20-37)46-33-18-29(35-39-30(22-47-35)23(2)3)38-28-16-25(44-4)14-15-27(28)33/h10,12,14-16,18,22-24,26,31H,5-9,11,13,17,19-21H2,1-4H3/b12-10-/t24-,26+,31-,37+/m0/s1. The Morgan fingerprint density at radius 2 is 1.96 bits per heavy atom. The summed E-state index contributed by atoms with van der Waals surface area (Å²) in [6.07, 6.45) is 10.00. The molecule has 2 aromatic heterocycles. The van der Waals surface area contributed by atoms with Gasteiger partial charge in [-0.15, -0.1) is 11.3 Å². The van der Waals surface area contributed by atoms with Crippen LogP contribution in [0.3, 0.4) is 0 Å². The Labute approximate surface area is 280 Å². The number of allylic oxidation sites excluding steroid dienone is 2. The number of carbonyl (C=O) groups is 3. The van der Waals surface area contributed by atoms with Crippen molar-refractivity contribution < 1.29 is 28.6 Å². The van der Waals surface area contributed by atoms with Crippen molar-refractivity contribution in [3.63, 3.8) is 0 Å². The van der Waals surface area contributed by atoms with E-state index >= 15 is 0 Å². The monoisotopic (exact) mass is 659 g/mol. The Kier molecular flexibility index (Phi) is 9.96. The number of Topliss-reactive ketones (excluding diaryl/α,β-unsaturated/α-hetero) is 1. The Hall–Kier alpha value is -3.79. The molecule has 10 heteroatoms. The molecule has 4 heterocycles. The number of aromatic nitrogens is 2. The summed E-state index contributed by atoms with van der Waals surface area (Å²) < 4.78 is 17.7. The predicted octanol–water partition coefficient (Wildman–Crippen LogP) is 7.28. The highest BCUT2D eigenvalue weighted by molar-refractivity contribution is 7.13. The van der Waals surface area contributed by atoms with Gasteiger partial charge in [0.05, 0.1) is 42.9 Å². The van der Waals surface area contributed by atoms with E-state index in [4.69, 9.17) is 24.2 Å². The smallest absolute Gasteiger partial charge is 0.313 e. The summed E-state index contributed by atoms with van der Waals surface area (Å²) in [6, 6.07) is 6.93. The maximum atomic E-state index is 14.1. The van der Waals surface area contributed by atoms with Gasteiger partial charge in [-0.3, -0.25) is 14.4 Å². The highest BCUT2D eigenvalue weighted by Crippen LogP contribution is 2.57. The van der Waals surface area contributed by atoms with E-state index in [2.05, 4.69) is 31.4 Å². The summed E-state index contributed by atoms with van der Waals surface area (Å²) in [5.74, 6) is 1.13. The van der Waals surface area contributed by atoms with Crippen LogP contribution in [0.15, 0.2) is 41.8 Å². The maximum Gasteiger partial charge on any atom is 0.313 e. The Morgan fingerprint density at radius 1 is 1.13 bits per heavy atom. The van der Waals surface area contributed by atoms with Gasteiger partial charge in [-0.2, -0.15) is 0 Å². The first-order valence-corrected chi connectivity index (χ1v) is 17.9. The fourth-order valence-corrected chi connectivity index (χ4v) is 7.86. The van der Waals surface area contributed by atoms with E-state index in [1.54, 1.807) is 30.3 Å². The molecule has 0 N–H and O–H groups in total. The van der Waals surface area contributed by atoms with Crippen LogP contribution < -0.4 is 9.47 Å². The lowest BCUT2D eigenvalue weighted by atomic mass is 9.92. The quantitative estimate of drug-likeness (QED) is 0.192. The number of amides is 1. The molecule has 1 saturated carbocycles. The van der Waals surface area contributed by atoms with Crippen molar-refractivity contribution in [1.82, 2.24) is 14.9 Å². The molecule has 1 aromatic carbocycles. The van der Waals surface area contributed by atoms with Gasteiger partial charge in [0.1, 0.15) is 28.3 Å². The normalized spacial score (nSPS) is 25.9. The molecule has 9 nitrogen and oxygen atoms in total. The number of fused-ring (bicyclic) bond motifs is 3. The molecule has 2 aliphatic heterocycles.